The number of guanidine groups is 1. The number of nitrogens with zero attached hydrogens (tertiary/aromatic N) is 3. The summed E-state index contributed by atoms with van der Waals surface area (Å²) in [4.78, 5) is 10.0. The molecule has 0 saturated carbocycles. The van der Waals surface area contributed by atoms with Crippen LogP contribution in [0.5, 0.6) is 0 Å². The zero-order valence-electron chi connectivity index (χ0n) is 17.5. The van der Waals surface area contributed by atoms with Gasteiger partial charge in [-0.1, -0.05) is 30.3 Å². The highest BCUT2D eigenvalue weighted by Gasteiger charge is 2.26. The molecular weight excluding hydrogens is 463 g/mol. The van der Waals surface area contributed by atoms with Crippen LogP contribution in [0, 0.1) is 0 Å². The standard InChI is InChI=1S/C22H36N4O.HI/c1-3-23-22(25-15-12-21(13-16-25)27-4-2)24-17-20-11-8-14-26(20)18-19-9-6-5-7-10-19;/h5-7,9-10,20-21H,3-4,8,11-18H2,1-2H3,(H,23,24);1H. The molecule has 1 unspecified atom stereocenters. The number of hydrogen-bond donors (Lipinski definition) is 1. The summed E-state index contributed by atoms with van der Waals surface area (Å²) in [5, 5.41) is 3.50. The Morgan fingerprint density at radius 3 is 2.54 bits per heavy atom. The lowest BCUT2D eigenvalue weighted by Gasteiger charge is -2.34. The predicted octanol–water partition coefficient (Wildman–Crippen LogP) is 3.74. The second-order valence-electron chi connectivity index (χ2n) is 7.59. The Bertz CT molecular complexity index is 575. The average Bonchev–Trinajstić information content (AvgIpc) is 3.14. The molecule has 0 amide bonds. The van der Waals surface area contributed by atoms with Gasteiger partial charge >= 0.3 is 0 Å². The van der Waals surface area contributed by atoms with Crippen molar-refractivity contribution in [2.24, 2.45) is 4.99 Å². The van der Waals surface area contributed by atoms with Gasteiger partial charge in [0, 0.05) is 38.8 Å². The van der Waals surface area contributed by atoms with Crippen LogP contribution in [0.25, 0.3) is 0 Å². The second kappa shape index (κ2) is 12.6. The van der Waals surface area contributed by atoms with Gasteiger partial charge in [0.25, 0.3) is 0 Å². The molecule has 0 radical (unpaired) electrons. The molecule has 0 aromatic heterocycles. The summed E-state index contributed by atoms with van der Waals surface area (Å²) in [6.07, 6.45) is 5.15. The fourth-order valence-electron chi connectivity index (χ4n) is 4.22. The first-order valence-electron chi connectivity index (χ1n) is 10.7. The first-order chi connectivity index (χ1) is 13.3. The monoisotopic (exact) mass is 500 g/mol. The molecular formula is C22H37IN4O. The third-order valence-electron chi connectivity index (χ3n) is 5.66. The van der Waals surface area contributed by atoms with Gasteiger partial charge in [0.2, 0.25) is 0 Å². The largest absolute Gasteiger partial charge is 0.378 e. The number of hydrogen-bond acceptors (Lipinski definition) is 3. The fourth-order valence-corrected chi connectivity index (χ4v) is 4.22. The number of halogens is 1. The lowest BCUT2D eigenvalue weighted by atomic mass is 10.1. The van der Waals surface area contributed by atoms with Gasteiger partial charge in [-0.25, -0.2) is 0 Å². The Morgan fingerprint density at radius 2 is 1.86 bits per heavy atom. The summed E-state index contributed by atoms with van der Waals surface area (Å²) in [5.41, 5.74) is 1.40. The van der Waals surface area contributed by atoms with Crippen molar-refractivity contribution in [3.63, 3.8) is 0 Å². The van der Waals surface area contributed by atoms with E-state index in [0.717, 1.165) is 58.1 Å². The van der Waals surface area contributed by atoms with Crippen LogP contribution in [-0.4, -0.2) is 67.2 Å². The van der Waals surface area contributed by atoms with E-state index in [4.69, 9.17) is 9.73 Å². The third-order valence-corrected chi connectivity index (χ3v) is 5.66. The first-order valence-corrected chi connectivity index (χ1v) is 10.7. The molecule has 5 nitrogen and oxygen atoms in total. The highest BCUT2D eigenvalue weighted by atomic mass is 127. The molecule has 1 aromatic carbocycles. The van der Waals surface area contributed by atoms with Crippen LogP contribution < -0.4 is 5.32 Å². The van der Waals surface area contributed by atoms with Gasteiger partial charge < -0.3 is 15.0 Å². The van der Waals surface area contributed by atoms with E-state index < -0.39 is 0 Å². The van der Waals surface area contributed by atoms with Gasteiger partial charge in [-0.05, 0) is 51.6 Å². The van der Waals surface area contributed by atoms with Crippen molar-refractivity contribution < 1.29 is 4.74 Å². The normalized spacial score (nSPS) is 21.6. The van der Waals surface area contributed by atoms with Crippen LogP contribution >= 0.6 is 24.0 Å². The third kappa shape index (κ3) is 6.88. The van der Waals surface area contributed by atoms with E-state index in [9.17, 15) is 0 Å². The number of piperidine rings is 1. The topological polar surface area (TPSA) is 40.1 Å². The molecule has 2 fully saturated rings. The molecule has 2 aliphatic rings. The minimum Gasteiger partial charge on any atom is -0.378 e. The van der Waals surface area contributed by atoms with Crippen LogP contribution in [0.2, 0.25) is 0 Å². The fraction of sp³-hybridized carbons (Fsp3) is 0.682. The van der Waals surface area contributed by atoms with Crippen LogP contribution in [-0.2, 0) is 11.3 Å². The Hall–Kier alpha value is -0.860. The molecule has 28 heavy (non-hydrogen) atoms. The van der Waals surface area contributed by atoms with Crippen LogP contribution in [0.1, 0.15) is 45.1 Å². The van der Waals surface area contributed by atoms with E-state index in [0.29, 0.717) is 12.1 Å². The SMILES string of the molecule is CCNC(=NCC1CCCN1Cc1ccccc1)N1CCC(OCC)CC1.I. The van der Waals surface area contributed by atoms with Gasteiger partial charge in [0.1, 0.15) is 0 Å². The minimum atomic E-state index is 0. The van der Waals surface area contributed by atoms with Gasteiger partial charge in [-0.3, -0.25) is 9.89 Å². The van der Waals surface area contributed by atoms with E-state index in [1.54, 1.807) is 0 Å². The van der Waals surface area contributed by atoms with Gasteiger partial charge in [0.05, 0.1) is 12.6 Å². The summed E-state index contributed by atoms with van der Waals surface area (Å²) in [5.74, 6) is 1.08. The number of likely N-dealkylation sites (tertiary alicyclic amines) is 2. The zero-order chi connectivity index (χ0) is 18.9. The zero-order valence-corrected chi connectivity index (χ0v) is 19.8. The molecule has 1 aromatic rings. The molecule has 1 N–H and O–H groups in total. The van der Waals surface area contributed by atoms with E-state index >= 15 is 0 Å². The van der Waals surface area contributed by atoms with Crippen LogP contribution in [0.4, 0.5) is 0 Å². The molecule has 3 rings (SSSR count). The van der Waals surface area contributed by atoms with Crippen molar-refractivity contribution >= 4 is 29.9 Å². The summed E-state index contributed by atoms with van der Waals surface area (Å²) in [7, 11) is 0. The highest BCUT2D eigenvalue weighted by molar-refractivity contribution is 14.0. The Morgan fingerprint density at radius 1 is 1.11 bits per heavy atom. The van der Waals surface area contributed by atoms with Crippen molar-refractivity contribution in [3.8, 4) is 0 Å². The van der Waals surface area contributed by atoms with Gasteiger partial charge in [-0.15, -0.1) is 24.0 Å². The van der Waals surface area contributed by atoms with Crippen molar-refractivity contribution in [2.75, 3.05) is 39.3 Å². The number of rotatable bonds is 7. The van der Waals surface area contributed by atoms with Crippen LogP contribution in [0.15, 0.2) is 35.3 Å². The highest BCUT2D eigenvalue weighted by Crippen LogP contribution is 2.21. The minimum absolute atomic E-state index is 0. The van der Waals surface area contributed by atoms with Crippen LogP contribution in [0.3, 0.4) is 0 Å². The molecule has 0 aliphatic carbocycles. The van der Waals surface area contributed by atoms with Gasteiger partial charge in [0.15, 0.2) is 5.96 Å². The lowest BCUT2D eigenvalue weighted by Crippen LogP contribution is -2.47. The maximum Gasteiger partial charge on any atom is 0.193 e. The van der Waals surface area contributed by atoms with E-state index in [-0.39, 0.29) is 24.0 Å². The number of nitrogens with one attached hydrogen (secondary N) is 1. The quantitative estimate of drug-likeness (QED) is 0.352. The van der Waals surface area contributed by atoms with Gasteiger partial charge in [-0.2, -0.15) is 0 Å². The molecule has 2 saturated heterocycles. The molecule has 2 heterocycles. The average molecular weight is 500 g/mol. The predicted molar refractivity (Wildman–Crippen MR) is 127 cm³/mol. The Balaban J connectivity index is 0.00000280. The van der Waals surface area contributed by atoms with E-state index in [1.165, 1.54) is 24.9 Å². The van der Waals surface area contributed by atoms with E-state index in [2.05, 4.69) is 59.3 Å². The first kappa shape index (κ1) is 23.4. The summed E-state index contributed by atoms with van der Waals surface area (Å²) >= 11 is 0. The molecule has 1 atom stereocenters. The molecule has 2 aliphatic heterocycles. The van der Waals surface area contributed by atoms with Crippen molar-refractivity contribution in [1.82, 2.24) is 15.1 Å². The number of benzene rings is 1. The smallest absolute Gasteiger partial charge is 0.193 e. The number of ether oxygens (including phenoxy) is 1. The van der Waals surface area contributed by atoms with E-state index in [1.807, 2.05) is 0 Å². The Labute approximate surface area is 187 Å². The molecule has 158 valence electrons. The number of aliphatic imine (C=N–C) groups is 1. The lowest BCUT2D eigenvalue weighted by molar-refractivity contribution is 0.0263. The van der Waals surface area contributed by atoms with Crippen molar-refractivity contribution in [1.29, 1.82) is 0 Å². The Kier molecular flexibility index (Phi) is 10.6. The summed E-state index contributed by atoms with van der Waals surface area (Å²) < 4.78 is 5.79. The molecule has 0 spiro atoms. The summed E-state index contributed by atoms with van der Waals surface area (Å²) in [6, 6.07) is 11.4. The molecule has 6 heteroatoms. The second-order valence-corrected chi connectivity index (χ2v) is 7.59. The maximum atomic E-state index is 5.79. The van der Waals surface area contributed by atoms with Crippen molar-refractivity contribution in [3.05, 3.63) is 35.9 Å². The molecule has 0 bridgehead atoms. The summed E-state index contributed by atoms with van der Waals surface area (Å²) in [6.45, 7) is 11.2. The maximum absolute atomic E-state index is 5.79. The van der Waals surface area contributed by atoms with Crippen molar-refractivity contribution in [2.45, 2.75) is 58.2 Å².